The van der Waals surface area contributed by atoms with E-state index in [0.29, 0.717) is 6.04 Å². The van der Waals surface area contributed by atoms with E-state index in [1.165, 1.54) is 16.5 Å². The molecule has 0 aliphatic heterocycles. The molecular weight excluding hydrogens is 220 g/mol. The molecule has 0 bridgehead atoms. The third-order valence-corrected chi connectivity index (χ3v) is 3.81. The van der Waals surface area contributed by atoms with Gasteiger partial charge in [0.05, 0.1) is 11.6 Å². The quantitative estimate of drug-likeness (QED) is 0.682. The van der Waals surface area contributed by atoms with Crippen LogP contribution in [0.2, 0.25) is 0 Å². The van der Waals surface area contributed by atoms with E-state index in [0.717, 1.165) is 18.4 Å². The minimum absolute atomic E-state index is 0.183. The Morgan fingerprint density at radius 2 is 2.00 bits per heavy atom. The molecule has 0 radical (unpaired) electrons. The minimum atomic E-state index is 0.183. The van der Waals surface area contributed by atoms with Crippen molar-refractivity contribution in [3.05, 3.63) is 42.1 Å². The van der Waals surface area contributed by atoms with E-state index in [2.05, 4.69) is 56.4 Å². The van der Waals surface area contributed by atoms with Crippen molar-refractivity contribution in [1.82, 2.24) is 9.78 Å². The molecule has 1 saturated carbocycles. The Morgan fingerprint density at radius 3 is 2.61 bits per heavy atom. The van der Waals surface area contributed by atoms with Crippen molar-refractivity contribution in [1.29, 1.82) is 0 Å². The molecule has 2 aromatic rings. The Labute approximate surface area is 108 Å². The molecular formula is C16H20N2. The van der Waals surface area contributed by atoms with Crippen LogP contribution < -0.4 is 0 Å². The SMILES string of the molecule is C=C1CC(n2cc3ccc(C(C)(C)C)cc3n2)C1. The van der Waals surface area contributed by atoms with Crippen LogP contribution in [0.15, 0.2) is 36.5 Å². The van der Waals surface area contributed by atoms with E-state index < -0.39 is 0 Å². The zero-order chi connectivity index (χ0) is 12.9. The van der Waals surface area contributed by atoms with Gasteiger partial charge < -0.3 is 0 Å². The third-order valence-electron chi connectivity index (χ3n) is 3.81. The van der Waals surface area contributed by atoms with Crippen LogP contribution in [0.1, 0.15) is 45.2 Å². The molecule has 0 N–H and O–H groups in total. The van der Waals surface area contributed by atoms with E-state index in [1.54, 1.807) is 0 Å². The molecule has 0 spiro atoms. The lowest BCUT2D eigenvalue weighted by Gasteiger charge is -2.28. The number of fused-ring (bicyclic) bond motifs is 1. The van der Waals surface area contributed by atoms with E-state index in [9.17, 15) is 0 Å². The van der Waals surface area contributed by atoms with Gasteiger partial charge in [-0.3, -0.25) is 4.68 Å². The fourth-order valence-corrected chi connectivity index (χ4v) is 2.48. The Balaban J connectivity index is 1.99. The van der Waals surface area contributed by atoms with Gasteiger partial charge in [-0.2, -0.15) is 5.10 Å². The van der Waals surface area contributed by atoms with Crippen molar-refractivity contribution < 1.29 is 0 Å². The second kappa shape index (κ2) is 3.71. The highest BCUT2D eigenvalue weighted by Crippen LogP contribution is 2.36. The molecule has 2 nitrogen and oxygen atoms in total. The second-order valence-corrected chi connectivity index (χ2v) is 6.44. The number of benzene rings is 1. The molecule has 18 heavy (non-hydrogen) atoms. The van der Waals surface area contributed by atoms with Gasteiger partial charge >= 0.3 is 0 Å². The lowest BCUT2D eigenvalue weighted by molar-refractivity contribution is 0.375. The fourth-order valence-electron chi connectivity index (χ4n) is 2.48. The fraction of sp³-hybridized carbons (Fsp3) is 0.438. The molecule has 1 aliphatic rings. The summed E-state index contributed by atoms with van der Waals surface area (Å²) < 4.78 is 2.12. The molecule has 0 amide bonds. The van der Waals surface area contributed by atoms with Crippen LogP contribution in [0.4, 0.5) is 0 Å². The van der Waals surface area contributed by atoms with Crippen molar-refractivity contribution in [2.45, 2.75) is 45.1 Å². The normalized spacial score (nSPS) is 17.2. The summed E-state index contributed by atoms with van der Waals surface area (Å²) in [7, 11) is 0. The van der Waals surface area contributed by atoms with Gasteiger partial charge in [-0.05, 0) is 29.9 Å². The number of nitrogens with zero attached hydrogens (tertiary/aromatic N) is 2. The number of hydrogen-bond donors (Lipinski definition) is 0. The molecule has 1 heterocycles. The predicted molar refractivity (Wildman–Crippen MR) is 75.8 cm³/mol. The lowest BCUT2D eigenvalue weighted by Crippen LogP contribution is -2.19. The van der Waals surface area contributed by atoms with Crippen LogP contribution in [0.3, 0.4) is 0 Å². The topological polar surface area (TPSA) is 17.8 Å². The van der Waals surface area contributed by atoms with Crippen molar-refractivity contribution in [2.24, 2.45) is 0 Å². The van der Waals surface area contributed by atoms with Crippen LogP contribution in [0.25, 0.3) is 10.9 Å². The van der Waals surface area contributed by atoms with Crippen LogP contribution >= 0.6 is 0 Å². The van der Waals surface area contributed by atoms with Crippen LogP contribution in [0, 0.1) is 0 Å². The monoisotopic (exact) mass is 240 g/mol. The zero-order valence-electron chi connectivity index (χ0n) is 11.4. The highest BCUT2D eigenvalue weighted by atomic mass is 15.3. The van der Waals surface area contributed by atoms with Gasteiger partial charge in [0.1, 0.15) is 0 Å². The predicted octanol–water partition coefficient (Wildman–Crippen LogP) is 4.22. The second-order valence-electron chi connectivity index (χ2n) is 6.44. The summed E-state index contributed by atoms with van der Waals surface area (Å²) in [6.45, 7) is 10.7. The highest BCUT2D eigenvalue weighted by molar-refractivity contribution is 5.79. The van der Waals surface area contributed by atoms with E-state index >= 15 is 0 Å². The first-order valence-corrected chi connectivity index (χ1v) is 6.59. The summed E-state index contributed by atoms with van der Waals surface area (Å²) in [6.07, 6.45) is 4.33. The van der Waals surface area contributed by atoms with E-state index in [4.69, 9.17) is 5.10 Å². The molecule has 0 saturated heterocycles. The Hall–Kier alpha value is -1.57. The van der Waals surface area contributed by atoms with Gasteiger partial charge in [-0.15, -0.1) is 0 Å². The van der Waals surface area contributed by atoms with Gasteiger partial charge in [0.15, 0.2) is 0 Å². The Morgan fingerprint density at radius 1 is 1.28 bits per heavy atom. The smallest absolute Gasteiger partial charge is 0.0926 e. The number of allylic oxidation sites excluding steroid dienone is 1. The first-order chi connectivity index (χ1) is 8.43. The molecule has 2 heteroatoms. The van der Waals surface area contributed by atoms with E-state index in [-0.39, 0.29) is 5.41 Å². The molecule has 0 atom stereocenters. The lowest BCUT2D eigenvalue weighted by atomic mass is 9.87. The Bertz CT molecular complexity index is 606. The van der Waals surface area contributed by atoms with Gasteiger partial charge in [-0.25, -0.2) is 0 Å². The number of hydrogen-bond acceptors (Lipinski definition) is 1. The largest absolute Gasteiger partial charge is 0.268 e. The van der Waals surface area contributed by atoms with Crippen molar-refractivity contribution in [3.63, 3.8) is 0 Å². The molecule has 1 fully saturated rings. The van der Waals surface area contributed by atoms with Crippen LogP contribution in [0.5, 0.6) is 0 Å². The van der Waals surface area contributed by atoms with Crippen molar-refractivity contribution in [2.75, 3.05) is 0 Å². The first kappa shape index (κ1) is 11.5. The molecule has 94 valence electrons. The first-order valence-electron chi connectivity index (χ1n) is 6.59. The summed E-state index contributed by atoms with van der Waals surface area (Å²) in [6, 6.07) is 7.16. The van der Waals surface area contributed by atoms with Crippen molar-refractivity contribution >= 4 is 10.9 Å². The Kier molecular flexibility index (Phi) is 2.37. The summed E-state index contributed by atoms with van der Waals surface area (Å²) in [5.74, 6) is 0. The van der Waals surface area contributed by atoms with Gasteiger partial charge in [0, 0.05) is 11.6 Å². The maximum Gasteiger partial charge on any atom is 0.0926 e. The minimum Gasteiger partial charge on any atom is -0.268 e. The summed E-state index contributed by atoms with van der Waals surface area (Å²) in [5, 5.41) is 5.96. The van der Waals surface area contributed by atoms with Crippen molar-refractivity contribution in [3.8, 4) is 0 Å². The standard InChI is InChI=1S/C16H20N2/c1-11-7-14(8-11)18-10-12-5-6-13(16(2,3)4)9-15(12)17-18/h5-6,9-10,14H,1,7-8H2,2-4H3. The number of aromatic nitrogens is 2. The van der Waals surface area contributed by atoms with Crippen LogP contribution in [-0.2, 0) is 5.41 Å². The maximum atomic E-state index is 4.72. The molecule has 0 unspecified atom stereocenters. The van der Waals surface area contributed by atoms with Gasteiger partial charge in [0.2, 0.25) is 0 Å². The van der Waals surface area contributed by atoms with Gasteiger partial charge in [-0.1, -0.05) is 45.1 Å². The van der Waals surface area contributed by atoms with E-state index in [1.807, 2.05) is 0 Å². The average molecular weight is 240 g/mol. The highest BCUT2D eigenvalue weighted by Gasteiger charge is 2.24. The zero-order valence-corrected chi connectivity index (χ0v) is 11.4. The molecule has 1 aliphatic carbocycles. The number of rotatable bonds is 1. The summed E-state index contributed by atoms with van der Waals surface area (Å²) >= 11 is 0. The third kappa shape index (κ3) is 1.86. The average Bonchev–Trinajstić information content (AvgIpc) is 2.65. The van der Waals surface area contributed by atoms with Gasteiger partial charge in [0.25, 0.3) is 0 Å². The van der Waals surface area contributed by atoms with Crippen LogP contribution in [-0.4, -0.2) is 9.78 Å². The summed E-state index contributed by atoms with van der Waals surface area (Å²) in [4.78, 5) is 0. The molecule has 1 aromatic carbocycles. The molecule has 3 rings (SSSR count). The molecule has 1 aromatic heterocycles. The maximum absolute atomic E-state index is 4.72. The summed E-state index contributed by atoms with van der Waals surface area (Å²) in [5.41, 5.74) is 3.98.